The third-order valence-electron chi connectivity index (χ3n) is 3.78. The Balaban J connectivity index is 1.47. The summed E-state index contributed by atoms with van der Waals surface area (Å²) in [4.78, 5) is 12.0. The molecule has 0 aliphatic carbocycles. The second-order valence-electron chi connectivity index (χ2n) is 6.12. The molecule has 1 heterocycles. The minimum atomic E-state index is -0.0444. The van der Waals surface area contributed by atoms with Crippen LogP contribution in [0.3, 0.4) is 0 Å². The fraction of sp³-hybridized carbons (Fsp3) is 0.250. The second-order valence-corrected chi connectivity index (χ2v) is 7.05. The first-order valence-corrected chi connectivity index (χ1v) is 9.44. The van der Waals surface area contributed by atoms with Crippen LogP contribution in [0.2, 0.25) is 0 Å². The van der Waals surface area contributed by atoms with E-state index < -0.39 is 0 Å². The third-order valence-corrected chi connectivity index (χ3v) is 4.60. The summed E-state index contributed by atoms with van der Waals surface area (Å²) in [7, 11) is 0. The van der Waals surface area contributed by atoms with E-state index in [0.717, 1.165) is 23.1 Å². The highest BCUT2D eigenvalue weighted by molar-refractivity contribution is 7.99. The molecule has 0 spiro atoms. The van der Waals surface area contributed by atoms with Crippen LogP contribution in [0.15, 0.2) is 58.2 Å². The van der Waals surface area contributed by atoms with Gasteiger partial charge in [-0.15, -0.1) is 10.2 Å². The normalized spacial score (nSPS) is 10.7. The molecule has 2 aromatic carbocycles. The minimum Gasteiger partial charge on any atom is -0.411 e. The Bertz CT molecular complexity index is 858. The summed E-state index contributed by atoms with van der Waals surface area (Å²) in [5, 5.41) is 11.4. The SMILES string of the molecule is Cc1cc(C)cc(-c2nnc(SCC(=O)NCCc3ccccc3)o2)c1. The number of thioether (sulfide) groups is 1. The predicted molar refractivity (Wildman–Crippen MR) is 103 cm³/mol. The zero-order valence-electron chi connectivity index (χ0n) is 14.9. The minimum absolute atomic E-state index is 0.0444. The molecular formula is C20H21N3O2S. The van der Waals surface area contributed by atoms with E-state index in [-0.39, 0.29) is 11.7 Å². The van der Waals surface area contributed by atoms with E-state index >= 15 is 0 Å². The van der Waals surface area contributed by atoms with Gasteiger partial charge in [0, 0.05) is 12.1 Å². The highest BCUT2D eigenvalue weighted by atomic mass is 32.2. The van der Waals surface area contributed by atoms with Gasteiger partial charge in [0.2, 0.25) is 11.8 Å². The molecule has 0 saturated carbocycles. The largest absolute Gasteiger partial charge is 0.411 e. The molecule has 0 radical (unpaired) electrons. The average molecular weight is 367 g/mol. The molecule has 3 aromatic rings. The number of nitrogens with zero attached hydrogens (tertiary/aromatic N) is 2. The van der Waals surface area contributed by atoms with Gasteiger partial charge >= 0.3 is 0 Å². The first-order valence-electron chi connectivity index (χ1n) is 8.46. The van der Waals surface area contributed by atoms with Gasteiger partial charge in [-0.3, -0.25) is 4.79 Å². The molecule has 1 N–H and O–H groups in total. The van der Waals surface area contributed by atoms with E-state index in [1.807, 2.05) is 56.3 Å². The maximum Gasteiger partial charge on any atom is 0.277 e. The fourth-order valence-electron chi connectivity index (χ4n) is 2.65. The Morgan fingerprint density at radius 1 is 1.08 bits per heavy atom. The number of benzene rings is 2. The highest BCUT2D eigenvalue weighted by Gasteiger charge is 2.11. The van der Waals surface area contributed by atoms with Crippen molar-refractivity contribution in [3.8, 4) is 11.5 Å². The van der Waals surface area contributed by atoms with Gasteiger partial charge in [-0.25, -0.2) is 0 Å². The number of amides is 1. The Morgan fingerprint density at radius 2 is 1.81 bits per heavy atom. The molecule has 26 heavy (non-hydrogen) atoms. The van der Waals surface area contributed by atoms with Crippen molar-refractivity contribution in [3.63, 3.8) is 0 Å². The van der Waals surface area contributed by atoms with Crippen molar-refractivity contribution >= 4 is 17.7 Å². The smallest absolute Gasteiger partial charge is 0.277 e. The Kier molecular flexibility index (Phi) is 6.07. The topological polar surface area (TPSA) is 68.0 Å². The van der Waals surface area contributed by atoms with Crippen LogP contribution in [0.4, 0.5) is 0 Å². The van der Waals surface area contributed by atoms with E-state index in [2.05, 4.69) is 21.6 Å². The number of nitrogens with one attached hydrogen (secondary N) is 1. The first-order chi connectivity index (χ1) is 12.6. The van der Waals surface area contributed by atoms with E-state index in [4.69, 9.17) is 4.42 Å². The number of aromatic nitrogens is 2. The summed E-state index contributed by atoms with van der Waals surface area (Å²) in [6.07, 6.45) is 0.814. The lowest BCUT2D eigenvalue weighted by atomic mass is 10.1. The zero-order valence-corrected chi connectivity index (χ0v) is 15.7. The number of carbonyl (C=O) groups is 1. The molecule has 0 unspecified atom stereocenters. The van der Waals surface area contributed by atoms with Gasteiger partial charge < -0.3 is 9.73 Å². The van der Waals surface area contributed by atoms with Gasteiger partial charge in [-0.2, -0.15) is 0 Å². The van der Waals surface area contributed by atoms with E-state index in [9.17, 15) is 4.79 Å². The molecule has 134 valence electrons. The molecule has 3 rings (SSSR count). The Morgan fingerprint density at radius 3 is 2.54 bits per heavy atom. The quantitative estimate of drug-likeness (QED) is 0.643. The zero-order chi connectivity index (χ0) is 18.4. The van der Waals surface area contributed by atoms with Crippen LogP contribution in [-0.2, 0) is 11.2 Å². The maximum absolute atomic E-state index is 12.0. The van der Waals surface area contributed by atoms with E-state index in [1.54, 1.807) is 0 Å². The number of hydrogen-bond donors (Lipinski definition) is 1. The van der Waals surface area contributed by atoms with Crippen LogP contribution in [0.1, 0.15) is 16.7 Å². The summed E-state index contributed by atoms with van der Waals surface area (Å²) < 4.78 is 5.66. The monoisotopic (exact) mass is 367 g/mol. The van der Waals surface area contributed by atoms with Crippen LogP contribution < -0.4 is 5.32 Å². The Hall–Kier alpha value is -2.60. The summed E-state index contributed by atoms with van der Waals surface area (Å²) in [6.45, 7) is 4.67. The fourth-order valence-corrected chi connectivity index (χ4v) is 3.25. The molecule has 0 aliphatic rings. The van der Waals surface area contributed by atoms with Crippen LogP contribution >= 0.6 is 11.8 Å². The predicted octanol–water partition coefficient (Wildman–Crippen LogP) is 3.80. The van der Waals surface area contributed by atoms with Crippen molar-refractivity contribution < 1.29 is 9.21 Å². The highest BCUT2D eigenvalue weighted by Crippen LogP contribution is 2.24. The molecule has 1 amide bonds. The van der Waals surface area contributed by atoms with Crippen molar-refractivity contribution in [2.75, 3.05) is 12.3 Å². The summed E-state index contributed by atoms with van der Waals surface area (Å²) in [6, 6.07) is 16.2. The summed E-state index contributed by atoms with van der Waals surface area (Å²) in [5.41, 5.74) is 4.39. The van der Waals surface area contributed by atoms with Gasteiger partial charge in [0.25, 0.3) is 5.22 Å². The number of hydrogen-bond acceptors (Lipinski definition) is 5. The Labute approximate surface area is 157 Å². The maximum atomic E-state index is 12.0. The average Bonchev–Trinajstić information content (AvgIpc) is 3.09. The number of carbonyl (C=O) groups excluding carboxylic acids is 1. The van der Waals surface area contributed by atoms with Crippen molar-refractivity contribution in [3.05, 3.63) is 65.2 Å². The molecule has 5 nitrogen and oxygen atoms in total. The first kappa shape index (κ1) is 18.2. The van der Waals surface area contributed by atoms with Crippen molar-refractivity contribution in [1.29, 1.82) is 0 Å². The van der Waals surface area contributed by atoms with Crippen LogP contribution in [0, 0.1) is 13.8 Å². The lowest BCUT2D eigenvalue weighted by Gasteiger charge is -2.04. The lowest BCUT2D eigenvalue weighted by molar-refractivity contribution is -0.118. The summed E-state index contributed by atoms with van der Waals surface area (Å²) >= 11 is 1.25. The molecule has 1 aromatic heterocycles. The van der Waals surface area contributed by atoms with E-state index in [0.29, 0.717) is 17.7 Å². The van der Waals surface area contributed by atoms with Gasteiger partial charge in [-0.1, -0.05) is 59.3 Å². The molecule has 0 bridgehead atoms. The van der Waals surface area contributed by atoms with Crippen LogP contribution in [0.25, 0.3) is 11.5 Å². The summed E-state index contributed by atoms with van der Waals surface area (Å²) in [5.74, 6) is 0.685. The molecule has 0 aliphatic heterocycles. The second kappa shape index (κ2) is 8.67. The molecule has 0 saturated heterocycles. The van der Waals surface area contributed by atoms with Gasteiger partial charge in [0.1, 0.15) is 0 Å². The van der Waals surface area contributed by atoms with Gasteiger partial charge in [0.15, 0.2) is 0 Å². The van der Waals surface area contributed by atoms with Crippen LogP contribution in [-0.4, -0.2) is 28.4 Å². The van der Waals surface area contributed by atoms with Crippen molar-refractivity contribution in [2.45, 2.75) is 25.5 Å². The number of rotatable bonds is 7. The third kappa shape index (κ3) is 5.20. The van der Waals surface area contributed by atoms with E-state index in [1.165, 1.54) is 17.3 Å². The number of aryl methyl sites for hydroxylation is 2. The van der Waals surface area contributed by atoms with Gasteiger partial charge in [-0.05, 0) is 38.0 Å². The molecule has 6 heteroatoms. The molecule has 0 fully saturated rings. The lowest BCUT2D eigenvalue weighted by Crippen LogP contribution is -2.27. The van der Waals surface area contributed by atoms with Gasteiger partial charge in [0.05, 0.1) is 5.75 Å². The molecule has 0 atom stereocenters. The molecular weight excluding hydrogens is 346 g/mol. The van der Waals surface area contributed by atoms with Crippen LogP contribution in [0.5, 0.6) is 0 Å². The van der Waals surface area contributed by atoms with Crippen molar-refractivity contribution in [2.24, 2.45) is 0 Å². The van der Waals surface area contributed by atoms with Crippen molar-refractivity contribution in [1.82, 2.24) is 15.5 Å². The standard InChI is InChI=1S/C20H21N3O2S/c1-14-10-15(2)12-17(11-14)19-22-23-20(25-19)26-13-18(24)21-9-8-16-6-4-3-5-7-16/h3-7,10-12H,8-9,13H2,1-2H3,(H,21,24).